The Balaban J connectivity index is 2.13. The molecule has 0 amide bonds. The molecule has 0 radical (unpaired) electrons. The van der Waals surface area contributed by atoms with Gasteiger partial charge in [-0.05, 0) is 24.3 Å². The molecule has 2 rings (SSSR count). The van der Waals surface area contributed by atoms with Crippen LogP contribution in [0.15, 0.2) is 53.4 Å². The molecule has 0 unspecified atom stereocenters. The smallest absolute Gasteiger partial charge is 0.293 e. The van der Waals surface area contributed by atoms with Crippen LogP contribution in [0.1, 0.15) is 0 Å². The third-order valence-corrected chi connectivity index (χ3v) is 4.53. The van der Waals surface area contributed by atoms with Crippen molar-refractivity contribution >= 4 is 21.2 Å². The maximum Gasteiger partial charge on any atom is 0.293 e. The van der Waals surface area contributed by atoms with E-state index in [1.165, 1.54) is 12.1 Å². The van der Waals surface area contributed by atoms with E-state index in [1.807, 2.05) is 30.3 Å². The molecule has 0 bridgehead atoms. The normalized spacial score (nSPS) is 11.1. The van der Waals surface area contributed by atoms with E-state index in [4.69, 9.17) is 4.74 Å². The molecule has 0 aliphatic heterocycles. The molecule has 0 N–H and O–H groups in total. The van der Waals surface area contributed by atoms with Crippen molar-refractivity contribution in [1.82, 2.24) is 0 Å². The summed E-state index contributed by atoms with van der Waals surface area (Å²) in [6, 6.07) is 13.1. The van der Waals surface area contributed by atoms with Crippen LogP contribution < -0.4 is 9.64 Å². The Hall–Kier alpha value is -2.61. The number of para-hydroxylation sites is 1. The predicted molar refractivity (Wildman–Crippen MR) is 91.4 cm³/mol. The van der Waals surface area contributed by atoms with Crippen molar-refractivity contribution in [2.24, 2.45) is 0 Å². The Morgan fingerprint density at radius 3 is 2.42 bits per heavy atom. The minimum atomic E-state index is -3.50. The molecule has 8 heteroatoms. The number of ether oxygens (including phenoxy) is 1. The fourth-order valence-corrected chi connectivity index (χ4v) is 2.78. The van der Waals surface area contributed by atoms with Crippen molar-refractivity contribution in [3.05, 3.63) is 58.6 Å². The van der Waals surface area contributed by atoms with Crippen molar-refractivity contribution in [3.8, 4) is 5.75 Å². The van der Waals surface area contributed by atoms with Gasteiger partial charge in [-0.2, -0.15) is 0 Å². The average molecular weight is 350 g/mol. The molecule has 2 aromatic rings. The van der Waals surface area contributed by atoms with Crippen molar-refractivity contribution < 1.29 is 18.1 Å². The Morgan fingerprint density at radius 2 is 1.83 bits per heavy atom. The van der Waals surface area contributed by atoms with Crippen LogP contribution in [0.2, 0.25) is 0 Å². The number of hydrogen-bond acceptors (Lipinski definition) is 6. The number of hydrogen-bond donors (Lipinski definition) is 0. The van der Waals surface area contributed by atoms with Gasteiger partial charge in [-0.1, -0.05) is 18.2 Å². The van der Waals surface area contributed by atoms with Gasteiger partial charge in [0.15, 0.2) is 9.84 Å². The number of likely N-dealkylation sites (N-methyl/N-ethyl adjacent to an activating group) is 1. The minimum Gasteiger partial charge on any atom is -0.492 e. The zero-order valence-corrected chi connectivity index (χ0v) is 14.2. The number of anilines is 1. The van der Waals surface area contributed by atoms with Crippen LogP contribution in [0.3, 0.4) is 0 Å². The van der Waals surface area contributed by atoms with Crippen LogP contribution in [-0.2, 0) is 9.84 Å². The first-order chi connectivity index (χ1) is 11.3. The Bertz CT molecular complexity index is 822. The van der Waals surface area contributed by atoms with Crippen LogP contribution in [0.4, 0.5) is 11.4 Å². The second-order valence-corrected chi connectivity index (χ2v) is 7.28. The third kappa shape index (κ3) is 4.45. The van der Waals surface area contributed by atoms with Gasteiger partial charge in [-0.3, -0.25) is 10.1 Å². The molecule has 0 aliphatic carbocycles. The highest BCUT2D eigenvalue weighted by Gasteiger charge is 2.21. The molecule has 0 saturated heterocycles. The van der Waals surface area contributed by atoms with Crippen molar-refractivity contribution in [2.45, 2.75) is 4.90 Å². The lowest BCUT2D eigenvalue weighted by molar-refractivity contribution is -0.384. The van der Waals surface area contributed by atoms with E-state index in [2.05, 4.69) is 0 Å². The van der Waals surface area contributed by atoms with E-state index >= 15 is 0 Å². The molecule has 2 aromatic carbocycles. The van der Waals surface area contributed by atoms with Gasteiger partial charge in [-0.15, -0.1) is 0 Å². The maximum absolute atomic E-state index is 11.6. The molecule has 0 fully saturated rings. The summed E-state index contributed by atoms with van der Waals surface area (Å²) in [5, 5.41) is 11.3. The van der Waals surface area contributed by atoms with Gasteiger partial charge >= 0.3 is 0 Å². The van der Waals surface area contributed by atoms with Gasteiger partial charge in [0.1, 0.15) is 18.0 Å². The number of benzene rings is 2. The van der Waals surface area contributed by atoms with Crippen LogP contribution in [0.5, 0.6) is 5.75 Å². The lowest BCUT2D eigenvalue weighted by atomic mass is 10.2. The summed E-state index contributed by atoms with van der Waals surface area (Å²) >= 11 is 0. The second-order valence-electron chi connectivity index (χ2n) is 5.26. The van der Waals surface area contributed by atoms with Crippen LogP contribution >= 0.6 is 0 Å². The first-order valence-electron chi connectivity index (χ1n) is 7.16. The van der Waals surface area contributed by atoms with Gasteiger partial charge < -0.3 is 9.64 Å². The molecule has 128 valence electrons. The number of nitrogens with zero attached hydrogens (tertiary/aromatic N) is 2. The van der Waals surface area contributed by atoms with Crippen LogP contribution in [0.25, 0.3) is 0 Å². The minimum absolute atomic E-state index is 0.0770. The topological polar surface area (TPSA) is 89.8 Å². The molecule has 0 heterocycles. The molecule has 0 aliphatic rings. The molecule has 0 saturated carbocycles. The first-order valence-corrected chi connectivity index (χ1v) is 9.05. The number of sulfone groups is 1. The van der Waals surface area contributed by atoms with E-state index in [0.717, 1.165) is 12.3 Å². The van der Waals surface area contributed by atoms with Crippen LogP contribution in [0, 0.1) is 10.1 Å². The second kappa shape index (κ2) is 7.31. The fourth-order valence-electron chi connectivity index (χ4n) is 2.14. The van der Waals surface area contributed by atoms with Gasteiger partial charge in [0, 0.05) is 19.4 Å². The quantitative estimate of drug-likeness (QED) is 0.563. The monoisotopic (exact) mass is 350 g/mol. The van der Waals surface area contributed by atoms with E-state index in [0.29, 0.717) is 24.6 Å². The summed E-state index contributed by atoms with van der Waals surface area (Å²) in [5.74, 6) is 0.716. The fraction of sp³-hybridized carbons (Fsp3) is 0.250. The van der Waals surface area contributed by atoms with E-state index in [-0.39, 0.29) is 10.6 Å². The van der Waals surface area contributed by atoms with Gasteiger partial charge in [0.05, 0.1) is 16.4 Å². The van der Waals surface area contributed by atoms with Crippen LogP contribution in [-0.4, -0.2) is 39.8 Å². The summed E-state index contributed by atoms with van der Waals surface area (Å²) in [4.78, 5) is 12.3. The summed E-state index contributed by atoms with van der Waals surface area (Å²) < 4.78 is 28.7. The number of nitro benzene ring substituents is 1. The average Bonchev–Trinajstić information content (AvgIpc) is 2.54. The number of rotatable bonds is 7. The predicted octanol–water partition coefficient (Wildman–Crippen LogP) is 2.51. The van der Waals surface area contributed by atoms with Gasteiger partial charge in [0.2, 0.25) is 0 Å². The van der Waals surface area contributed by atoms with E-state index < -0.39 is 14.8 Å². The summed E-state index contributed by atoms with van der Waals surface area (Å²) in [7, 11) is -1.81. The van der Waals surface area contributed by atoms with Crippen molar-refractivity contribution in [1.29, 1.82) is 0 Å². The number of nitro groups is 1. The van der Waals surface area contributed by atoms with Crippen molar-refractivity contribution in [3.63, 3.8) is 0 Å². The largest absolute Gasteiger partial charge is 0.492 e. The first kappa shape index (κ1) is 17.7. The van der Waals surface area contributed by atoms with Gasteiger partial charge in [0.25, 0.3) is 5.69 Å². The molecular weight excluding hydrogens is 332 g/mol. The lowest BCUT2D eigenvalue weighted by Gasteiger charge is -2.19. The highest BCUT2D eigenvalue weighted by Crippen LogP contribution is 2.30. The molecular formula is C16H18N2O5S. The standard InChI is InChI=1S/C16H18N2O5S/c1-17(10-11-23-13-6-4-3-5-7-13)15-9-8-14(24(2,21)22)12-16(15)18(19)20/h3-9,12H,10-11H2,1-2H3. The SMILES string of the molecule is CN(CCOc1ccccc1)c1ccc(S(C)(=O)=O)cc1[N+](=O)[O-]. The Labute approximate surface area is 140 Å². The molecule has 0 spiro atoms. The molecule has 0 atom stereocenters. The van der Waals surface area contributed by atoms with E-state index in [9.17, 15) is 18.5 Å². The maximum atomic E-state index is 11.6. The highest BCUT2D eigenvalue weighted by atomic mass is 32.2. The lowest BCUT2D eigenvalue weighted by Crippen LogP contribution is -2.24. The summed E-state index contributed by atoms with van der Waals surface area (Å²) in [6.45, 7) is 0.749. The Morgan fingerprint density at radius 1 is 1.17 bits per heavy atom. The van der Waals surface area contributed by atoms with Crippen molar-refractivity contribution in [2.75, 3.05) is 31.4 Å². The third-order valence-electron chi connectivity index (χ3n) is 3.42. The molecule has 24 heavy (non-hydrogen) atoms. The van der Waals surface area contributed by atoms with Gasteiger partial charge in [-0.25, -0.2) is 8.42 Å². The summed E-state index contributed by atoms with van der Waals surface area (Å²) in [5.41, 5.74) is 0.0872. The molecule has 7 nitrogen and oxygen atoms in total. The summed E-state index contributed by atoms with van der Waals surface area (Å²) in [6.07, 6.45) is 1.02. The molecule has 0 aromatic heterocycles. The Kier molecular flexibility index (Phi) is 5.40. The zero-order valence-electron chi connectivity index (χ0n) is 13.4. The zero-order chi connectivity index (χ0) is 17.7. The van der Waals surface area contributed by atoms with E-state index in [1.54, 1.807) is 11.9 Å². The highest BCUT2D eigenvalue weighted by molar-refractivity contribution is 7.90.